The molecule has 0 aliphatic heterocycles. The molecule has 0 radical (unpaired) electrons. The minimum atomic E-state index is 0.691. The van der Waals surface area contributed by atoms with E-state index < -0.39 is 0 Å². The molecule has 0 aromatic heterocycles. The van der Waals surface area contributed by atoms with Gasteiger partial charge in [0.25, 0.3) is 0 Å². The van der Waals surface area contributed by atoms with E-state index in [2.05, 4.69) is 36.5 Å². The number of methoxy groups -OCH3 is 1. The smallest absolute Gasteiger partial charge is 0.0713 e. The van der Waals surface area contributed by atoms with Crippen molar-refractivity contribution in [1.29, 1.82) is 0 Å². The second-order valence-corrected chi connectivity index (χ2v) is 3.76. The maximum absolute atomic E-state index is 5.06. The Morgan fingerprint density at radius 1 is 1.13 bits per heavy atom. The average Bonchev–Trinajstić information content (AvgIpc) is 2.27. The predicted molar refractivity (Wildman–Crippen MR) is 65.2 cm³/mol. The van der Waals surface area contributed by atoms with Crippen LogP contribution in [0.3, 0.4) is 0 Å². The molecule has 1 N–H and O–H groups in total. The Balaban J connectivity index is 2.29. The highest BCUT2D eigenvalue weighted by molar-refractivity contribution is 5.44. The second kappa shape index (κ2) is 7.30. The molecule has 0 saturated heterocycles. The van der Waals surface area contributed by atoms with Gasteiger partial charge in [-0.25, -0.2) is 0 Å². The molecule has 0 unspecified atom stereocenters. The third-order valence-electron chi connectivity index (χ3n) is 2.37. The number of hydrogen-bond acceptors (Lipinski definition) is 2. The molecule has 84 valence electrons. The van der Waals surface area contributed by atoms with Gasteiger partial charge in [0.05, 0.1) is 6.61 Å². The highest BCUT2D eigenvalue weighted by Crippen LogP contribution is 2.10. The summed E-state index contributed by atoms with van der Waals surface area (Å²) in [7, 11) is 1.72. The number of ether oxygens (including phenoxy) is 1. The lowest BCUT2D eigenvalue weighted by molar-refractivity contribution is 0.185. The standard InChI is InChI=1S/C13H21NO/c1-3-4-5-10-14-13-8-6-12(7-9-13)11-15-2/h6-9,14H,3-5,10-11H2,1-2H3. The summed E-state index contributed by atoms with van der Waals surface area (Å²) in [5.74, 6) is 0. The first-order valence-electron chi connectivity index (χ1n) is 5.68. The van der Waals surface area contributed by atoms with Crippen molar-refractivity contribution in [3.63, 3.8) is 0 Å². The van der Waals surface area contributed by atoms with Gasteiger partial charge < -0.3 is 10.1 Å². The van der Waals surface area contributed by atoms with Crippen LogP contribution in [-0.2, 0) is 11.3 Å². The number of anilines is 1. The SMILES string of the molecule is CCCCCNc1ccc(COC)cc1. The maximum Gasteiger partial charge on any atom is 0.0713 e. The van der Waals surface area contributed by atoms with Gasteiger partial charge in [0.2, 0.25) is 0 Å². The van der Waals surface area contributed by atoms with Gasteiger partial charge in [-0.05, 0) is 24.1 Å². The van der Waals surface area contributed by atoms with Crippen molar-refractivity contribution in [1.82, 2.24) is 0 Å². The molecule has 0 fully saturated rings. The normalized spacial score (nSPS) is 10.3. The summed E-state index contributed by atoms with van der Waals surface area (Å²) in [4.78, 5) is 0. The summed E-state index contributed by atoms with van der Waals surface area (Å²) in [6.07, 6.45) is 3.82. The Bertz CT molecular complexity index is 256. The van der Waals surface area contributed by atoms with Crippen LogP contribution in [-0.4, -0.2) is 13.7 Å². The Kier molecular flexibility index (Phi) is 5.86. The van der Waals surface area contributed by atoms with Gasteiger partial charge in [-0.1, -0.05) is 31.9 Å². The fourth-order valence-corrected chi connectivity index (χ4v) is 1.49. The molecule has 0 amide bonds. The van der Waals surface area contributed by atoms with Crippen LogP contribution in [0.25, 0.3) is 0 Å². The third-order valence-corrected chi connectivity index (χ3v) is 2.37. The topological polar surface area (TPSA) is 21.3 Å². The molecular formula is C13H21NO. The van der Waals surface area contributed by atoms with Crippen LogP contribution in [0.4, 0.5) is 5.69 Å². The van der Waals surface area contributed by atoms with Gasteiger partial charge in [-0.3, -0.25) is 0 Å². The highest BCUT2D eigenvalue weighted by Gasteiger charge is 1.93. The lowest BCUT2D eigenvalue weighted by atomic mass is 10.2. The number of hydrogen-bond donors (Lipinski definition) is 1. The van der Waals surface area contributed by atoms with E-state index in [-0.39, 0.29) is 0 Å². The number of rotatable bonds is 7. The van der Waals surface area contributed by atoms with E-state index in [1.807, 2.05) is 0 Å². The molecule has 0 heterocycles. The molecule has 2 nitrogen and oxygen atoms in total. The van der Waals surface area contributed by atoms with Gasteiger partial charge in [0.1, 0.15) is 0 Å². The van der Waals surface area contributed by atoms with E-state index in [1.165, 1.54) is 30.5 Å². The molecule has 0 aliphatic carbocycles. The summed E-state index contributed by atoms with van der Waals surface area (Å²) in [6, 6.07) is 8.43. The minimum absolute atomic E-state index is 0.691. The van der Waals surface area contributed by atoms with E-state index >= 15 is 0 Å². The molecule has 1 rings (SSSR count). The van der Waals surface area contributed by atoms with Crippen molar-refractivity contribution in [2.75, 3.05) is 19.0 Å². The van der Waals surface area contributed by atoms with Gasteiger partial charge in [0, 0.05) is 19.3 Å². The molecule has 15 heavy (non-hydrogen) atoms. The van der Waals surface area contributed by atoms with Crippen LogP contribution in [0.2, 0.25) is 0 Å². The highest BCUT2D eigenvalue weighted by atomic mass is 16.5. The molecule has 1 aromatic carbocycles. The molecule has 0 bridgehead atoms. The monoisotopic (exact) mass is 207 g/mol. The van der Waals surface area contributed by atoms with Crippen molar-refractivity contribution in [2.24, 2.45) is 0 Å². The van der Waals surface area contributed by atoms with Crippen molar-refractivity contribution in [3.8, 4) is 0 Å². The fourth-order valence-electron chi connectivity index (χ4n) is 1.49. The second-order valence-electron chi connectivity index (χ2n) is 3.76. The van der Waals surface area contributed by atoms with E-state index in [0.717, 1.165) is 6.54 Å². The quantitative estimate of drug-likeness (QED) is 0.692. The van der Waals surface area contributed by atoms with Gasteiger partial charge >= 0.3 is 0 Å². The van der Waals surface area contributed by atoms with E-state index in [0.29, 0.717) is 6.61 Å². The van der Waals surface area contributed by atoms with Crippen molar-refractivity contribution in [3.05, 3.63) is 29.8 Å². The third kappa shape index (κ3) is 4.84. The van der Waals surface area contributed by atoms with Gasteiger partial charge in [-0.2, -0.15) is 0 Å². The summed E-state index contributed by atoms with van der Waals surface area (Å²) in [6.45, 7) is 3.98. The number of unbranched alkanes of at least 4 members (excludes halogenated alkanes) is 2. The molecule has 0 aliphatic rings. The van der Waals surface area contributed by atoms with Crippen LogP contribution in [0.5, 0.6) is 0 Å². The van der Waals surface area contributed by atoms with Crippen LogP contribution in [0, 0.1) is 0 Å². The number of benzene rings is 1. The van der Waals surface area contributed by atoms with Crippen molar-refractivity contribution >= 4 is 5.69 Å². The first kappa shape index (κ1) is 12.1. The lowest BCUT2D eigenvalue weighted by Crippen LogP contribution is -2.01. The first-order valence-corrected chi connectivity index (χ1v) is 5.68. The molecule has 2 heteroatoms. The van der Waals surface area contributed by atoms with Crippen LogP contribution in [0.15, 0.2) is 24.3 Å². The van der Waals surface area contributed by atoms with E-state index in [1.54, 1.807) is 7.11 Å². The van der Waals surface area contributed by atoms with E-state index in [9.17, 15) is 0 Å². The fraction of sp³-hybridized carbons (Fsp3) is 0.538. The zero-order chi connectivity index (χ0) is 10.9. The number of nitrogens with one attached hydrogen (secondary N) is 1. The van der Waals surface area contributed by atoms with Crippen LogP contribution >= 0.6 is 0 Å². The average molecular weight is 207 g/mol. The molecule has 0 saturated carbocycles. The summed E-state index contributed by atoms with van der Waals surface area (Å²) < 4.78 is 5.06. The molecule has 1 aromatic rings. The zero-order valence-electron chi connectivity index (χ0n) is 9.75. The van der Waals surface area contributed by atoms with Crippen LogP contribution in [0.1, 0.15) is 31.7 Å². The Labute approximate surface area is 92.6 Å². The Morgan fingerprint density at radius 3 is 2.47 bits per heavy atom. The van der Waals surface area contributed by atoms with Gasteiger partial charge in [0.15, 0.2) is 0 Å². The first-order chi connectivity index (χ1) is 7.36. The predicted octanol–water partition coefficient (Wildman–Crippen LogP) is 3.44. The summed E-state index contributed by atoms with van der Waals surface area (Å²) >= 11 is 0. The van der Waals surface area contributed by atoms with Gasteiger partial charge in [-0.15, -0.1) is 0 Å². The summed E-state index contributed by atoms with van der Waals surface area (Å²) in [5.41, 5.74) is 2.42. The van der Waals surface area contributed by atoms with Crippen LogP contribution < -0.4 is 5.32 Å². The molecular weight excluding hydrogens is 186 g/mol. The lowest BCUT2D eigenvalue weighted by Gasteiger charge is -2.06. The zero-order valence-corrected chi connectivity index (χ0v) is 9.75. The van der Waals surface area contributed by atoms with Crippen molar-refractivity contribution < 1.29 is 4.74 Å². The largest absolute Gasteiger partial charge is 0.385 e. The summed E-state index contributed by atoms with van der Waals surface area (Å²) in [5, 5.41) is 3.41. The molecule has 0 spiro atoms. The Morgan fingerprint density at radius 2 is 1.87 bits per heavy atom. The molecule has 0 atom stereocenters. The van der Waals surface area contributed by atoms with E-state index in [4.69, 9.17) is 4.74 Å². The minimum Gasteiger partial charge on any atom is -0.385 e. The van der Waals surface area contributed by atoms with Crippen molar-refractivity contribution in [2.45, 2.75) is 32.8 Å². The maximum atomic E-state index is 5.06. The Hall–Kier alpha value is -1.02.